The number of H-pyrrole nitrogens is 1. The van der Waals surface area contributed by atoms with Crippen LogP contribution < -0.4 is 0 Å². The van der Waals surface area contributed by atoms with Gasteiger partial charge in [0.05, 0.1) is 19.4 Å². The third-order valence-electron chi connectivity index (χ3n) is 4.71. The summed E-state index contributed by atoms with van der Waals surface area (Å²) in [5.41, 5.74) is 3.35. The summed E-state index contributed by atoms with van der Waals surface area (Å²) < 4.78 is 10.6. The first-order valence-electron chi connectivity index (χ1n) is 9.33. The molecule has 0 fully saturated rings. The Morgan fingerprint density at radius 2 is 1.97 bits per heavy atom. The molecule has 3 rings (SSSR count). The molecule has 0 radical (unpaired) electrons. The van der Waals surface area contributed by atoms with E-state index in [9.17, 15) is 9.59 Å². The summed E-state index contributed by atoms with van der Waals surface area (Å²) in [6.45, 7) is 6.37. The second-order valence-corrected chi connectivity index (χ2v) is 7.14. The third kappa shape index (κ3) is 4.71. The Kier molecular flexibility index (Phi) is 6.44. The van der Waals surface area contributed by atoms with Crippen molar-refractivity contribution in [1.29, 1.82) is 0 Å². The number of benzene rings is 1. The van der Waals surface area contributed by atoms with E-state index >= 15 is 0 Å². The number of amides is 1. The van der Waals surface area contributed by atoms with Crippen LogP contribution in [0.15, 0.2) is 47.1 Å². The number of aromatic amines is 1. The van der Waals surface area contributed by atoms with Gasteiger partial charge in [-0.2, -0.15) is 0 Å². The molecule has 1 amide bonds. The van der Waals surface area contributed by atoms with Crippen LogP contribution in [0, 0.1) is 13.8 Å². The molecule has 0 unspecified atom stereocenters. The summed E-state index contributed by atoms with van der Waals surface area (Å²) in [4.78, 5) is 30.2. The topological polar surface area (TPSA) is 75.5 Å². The van der Waals surface area contributed by atoms with Crippen LogP contribution in [0.2, 0.25) is 5.02 Å². The van der Waals surface area contributed by atoms with E-state index in [2.05, 4.69) is 4.98 Å². The maximum absolute atomic E-state index is 13.2. The Morgan fingerprint density at radius 1 is 1.17 bits per heavy atom. The largest absolute Gasteiger partial charge is 0.467 e. The van der Waals surface area contributed by atoms with Gasteiger partial charge < -0.3 is 19.0 Å². The van der Waals surface area contributed by atoms with Gasteiger partial charge in [0.2, 0.25) is 0 Å². The molecule has 0 spiro atoms. The van der Waals surface area contributed by atoms with Gasteiger partial charge in [0.25, 0.3) is 5.91 Å². The van der Waals surface area contributed by atoms with Crippen LogP contribution in [0.25, 0.3) is 0 Å². The van der Waals surface area contributed by atoms with Gasteiger partial charge in [-0.1, -0.05) is 17.7 Å². The fraction of sp³-hybridized carbons (Fsp3) is 0.273. The lowest BCUT2D eigenvalue weighted by molar-refractivity contribution is 0.0519. The number of carbonyl (C=O) groups excluding carboxylic acids is 2. The summed E-state index contributed by atoms with van der Waals surface area (Å²) in [7, 11) is 0. The molecular weight excluding hydrogens is 392 g/mol. The van der Waals surface area contributed by atoms with E-state index in [0.29, 0.717) is 35.2 Å². The summed E-state index contributed by atoms with van der Waals surface area (Å²) >= 11 is 6.07. The van der Waals surface area contributed by atoms with Crippen molar-refractivity contribution in [3.8, 4) is 0 Å². The third-order valence-corrected chi connectivity index (χ3v) is 4.94. The predicted molar refractivity (Wildman–Crippen MR) is 110 cm³/mol. The second kappa shape index (κ2) is 9.01. The van der Waals surface area contributed by atoms with Crippen molar-refractivity contribution in [2.45, 2.75) is 33.9 Å². The van der Waals surface area contributed by atoms with Gasteiger partial charge in [-0.25, -0.2) is 4.79 Å². The van der Waals surface area contributed by atoms with Crippen molar-refractivity contribution < 1.29 is 18.7 Å². The average Bonchev–Trinajstić information content (AvgIpc) is 3.30. The number of hydrogen-bond donors (Lipinski definition) is 1. The number of furan rings is 1. The molecule has 6 nitrogen and oxygen atoms in total. The van der Waals surface area contributed by atoms with Crippen molar-refractivity contribution in [3.05, 3.63) is 81.5 Å². The number of nitrogens with one attached hydrogen (secondary N) is 1. The standard InChI is InChI=1S/C22H23ClN2O4/c1-4-28-22(27)20-14(2)19(15(3)24-20)13-25(12-18-9-6-10-29-18)21(26)16-7-5-8-17(23)11-16/h5-11,24H,4,12-13H2,1-3H3. The zero-order valence-corrected chi connectivity index (χ0v) is 17.4. The maximum atomic E-state index is 13.2. The van der Waals surface area contributed by atoms with Crippen LogP contribution in [-0.4, -0.2) is 28.4 Å². The number of ether oxygens (including phenoxy) is 1. The number of carbonyl (C=O) groups is 2. The monoisotopic (exact) mass is 414 g/mol. The fourth-order valence-corrected chi connectivity index (χ4v) is 3.41. The number of esters is 1. The lowest BCUT2D eigenvalue weighted by Crippen LogP contribution is -2.30. The highest BCUT2D eigenvalue weighted by molar-refractivity contribution is 6.30. The molecule has 0 saturated heterocycles. The van der Waals surface area contributed by atoms with E-state index in [4.69, 9.17) is 20.8 Å². The van der Waals surface area contributed by atoms with Crippen LogP contribution >= 0.6 is 11.6 Å². The normalized spacial score (nSPS) is 10.8. The number of hydrogen-bond acceptors (Lipinski definition) is 4. The zero-order valence-electron chi connectivity index (χ0n) is 16.6. The molecule has 0 atom stereocenters. The first-order valence-corrected chi connectivity index (χ1v) is 9.70. The van der Waals surface area contributed by atoms with Crippen molar-refractivity contribution in [2.75, 3.05) is 6.61 Å². The van der Waals surface area contributed by atoms with E-state index in [1.54, 1.807) is 48.4 Å². The smallest absolute Gasteiger partial charge is 0.355 e. The van der Waals surface area contributed by atoms with E-state index in [1.807, 2.05) is 19.9 Å². The molecule has 29 heavy (non-hydrogen) atoms. The molecule has 7 heteroatoms. The Labute approximate surface area is 174 Å². The number of nitrogens with zero attached hydrogens (tertiary/aromatic N) is 1. The van der Waals surface area contributed by atoms with Gasteiger partial charge in [-0.15, -0.1) is 0 Å². The van der Waals surface area contributed by atoms with E-state index in [-0.39, 0.29) is 12.5 Å². The number of halogens is 1. The Hall–Kier alpha value is -2.99. The van der Waals surface area contributed by atoms with Crippen LogP contribution in [0.5, 0.6) is 0 Å². The molecule has 1 aromatic carbocycles. The molecular formula is C22H23ClN2O4. The van der Waals surface area contributed by atoms with Crippen molar-refractivity contribution in [1.82, 2.24) is 9.88 Å². The van der Waals surface area contributed by atoms with Gasteiger partial charge in [-0.3, -0.25) is 4.79 Å². The summed E-state index contributed by atoms with van der Waals surface area (Å²) in [6, 6.07) is 10.4. The molecule has 152 valence electrons. The second-order valence-electron chi connectivity index (χ2n) is 6.70. The fourth-order valence-electron chi connectivity index (χ4n) is 3.22. The lowest BCUT2D eigenvalue weighted by atomic mass is 10.1. The zero-order chi connectivity index (χ0) is 21.0. The highest BCUT2D eigenvalue weighted by Crippen LogP contribution is 2.23. The van der Waals surface area contributed by atoms with Gasteiger partial charge in [0, 0.05) is 22.8 Å². The molecule has 0 saturated carbocycles. The highest BCUT2D eigenvalue weighted by atomic mass is 35.5. The van der Waals surface area contributed by atoms with Crippen LogP contribution in [0.3, 0.4) is 0 Å². The Bertz CT molecular complexity index is 1010. The highest BCUT2D eigenvalue weighted by Gasteiger charge is 2.24. The van der Waals surface area contributed by atoms with Crippen molar-refractivity contribution in [2.24, 2.45) is 0 Å². The summed E-state index contributed by atoms with van der Waals surface area (Å²) in [5.74, 6) is 0.0801. The molecule has 0 aliphatic heterocycles. The Balaban J connectivity index is 1.93. The number of aromatic nitrogens is 1. The summed E-state index contributed by atoms with van der Waals surface area (Å²) in [5, 5.41) is 0.493. The molecule has 0 bridgehead atoms. The van der Waals surface area contributed by atoms with E-state index < -0.39 is 5.97 Å². The van der Waals surface area contributed by atoms with Crippen molar-refractivity contribution >= 4 is 23.5 Å². The minimum atomic E-state index is -0.405. The molecule has 0 aliphatic carbocycles. The predicted octanol–water partition coefficient (Wildman–Crippen LogP) is 4.90. The molecule has 2 heterocycles. The number of aryl methyl sites for hydroxylation is 1. The summed E-state index contributed by atoms with van der Waals surface area (Å²) in [6.07, 6.45) is 1.57. The van der Waals surface area contributed by atoms with Crippen LogP contribution in [0.4, 0.5) is 0 Å². The molecule has 1 N–H and O–H groups in total. The van der Waals surface area contributed by atoms with E-state index in [1.165, 1.54) is 0 Å². The molecule has 3 aromatic rings. The van der Waals surface area contributed by atoms with Crippen LogP contribution in [-0.2, 0) is 17.8 Å². The maximum Gasteiger partial charge on any atom is 0.355 e. The minimum absolute atomic E-state index is 0.179. The van der Waals surface area contributed by atoms with Gasteiger partial charge >= 0.3 is 5.97 Å². The SMILES string of the molecule is CCOC(=O)c1[nH]c(C)c(CN(Cc2ccco2)C(=O)c2cccc(Cl)c2)c1C. The van der Waals surface area contributed by atoms with Crippen LogP contribution in [0.1, 0.15) is 50.4 Å². The lowest BCUT2D eigenvalue weighted by Gasteiger charge is -2.22. The Morgan fingerprint density at radius 3 is 2.62 bits per heavy atom. The average molecular weight is 415 g/mol. The van der Waals surface area contributed by atoms with Gasteiger partial charge in [0.1, 0.15) is 11.5 Å². The van der Waals surface area contributed by atoms with E-state index in [0.717, 1.165) is 16.8 Å². The minimum Gasteiger partial charge on any atom is -0.467 e. The molecule has 0 aliphatic rings. The first kappa shape index (κ1) is 20.7. The quantitative estimate of drug-likeness (QED) is 0.558. The first-order chi connectivity index (χ1) is 13.9. The van der Waals surface area contributed by atoms with Gasteiger partial charge in [-0.05, 0) is 62.2 Å². The van der Waals surface area contributed by atoms with Gasteiger partial charge in [0.15, 0.2) is 0 Å². The number of rotatable bonds is 7. The molecule has 2 aromatic heterocycles. The van der Waals surface area contributed by atoms with Crippen molar-refractivity contribution in [3.63, 3.8) is 0 Å².